The Bertz CT molecular complexity index is 1020. The molecule has 1 aromatic carbocycles. The third kappa shape index (κ3) is 4.18. The third-order valence-electron chi connectivity index (χ3n) is 6.44. The molecule has 1 N–H and O–H groups in total. The Morgan fingerprint density at radius 3 is 2.47 bits per heavy atom. The molecular weight excluding hydrogens is 374 g/mol. The second-order valence-electron chi connectivity index (χ2n) is 8.60. The van der Waals surface area contributed by atoms with Crippen LogP contribution in [0.15, 0.2) is 30.3 Å². The lowest BCUT2D eigenvalue weighted by atomic mass is 9.90. The minimum Gasteiger partial charge on any atom is -0.337 e. The number of carbonyl (C=O) groups is 1. The molecule has 0 bridgehead atoms. The Balaban J connectivity index is 1.33. The number of H-pyrrole nitrogens is 1. The van der Waals surface area contributed by atoms with Crippen molar-refractivity contribution in [3.8, 4) is 11.3 Å². The molecule has 0 radical (unpaired) electrons. The van der Waals surface area contributed by atoms with Crippen molar-refractivity contribution in [2.75, 3.05) is 13.1 Å². The van der Waals surface area contributed by atoms with E-state index in [2.05, 4.69) is 46.5 Å². The largest absolute Gasteiger partial charge is 0.337 e. The topological polar surface area (TPSA) is 66.8 Å². The molecule has 3 aromatic rings. The van der Waals surface area contributed by atoms with Gasteiger partial charge in [0.2, 0.25) is 0 Å². The third-order valence-corrected chi connectivity index (χ3v) is 6.44. The van der Waals surface area contributed by atoms with Gasteiger partial charge in [0.1, 0.15) is 5.69 Å². The van der Waals surface area contributed by atoms with Crippen LogP contribution in [0.1, 0.15) is 52.3 Å². The van der Waals surface area contributed by atoms with Crippen LogP contribution in [0.2, 0.25) is 0 Å². The number of hydrogen-bond donors (Lipinski definition) is 1. The van der Waals surface area contributed by atoms with Crippen molar-refractivity contribution in [2.24, 2.45) is 13.0 Å². The first kappa shape index (κ1) is 20.4. The molecule has 1 aliphatic heterocycles. The van der Waals surface area contributed by atoms with E-state index in [0.29, 0.717) is 11.6 Å². The van der Waals surface area contributed by atoms with Crippen molar-refractivity contribution < 1.29 is 4.79 Å². The van der Waals surface area contributed by atoms with Crippen molar-refractivity contribution >= 4 is 5.91 Å². The van der Waals surface area contributed by atoms with Gasteiger partial charge in [0.25, 0.3) is 5.91 Å². The number of aromatic amines is 1. The van der Waals surface area contributed by atoms with Crippen molar-refractivity contribution in [1.82, 2.24) is 24.9 Å². The number of benzene rings is 1. The summed E-state index contributed by atoms with van der Waals surface area (Å²) in [5.41, 5.74) is 7.04. The molecule has 0 atom stereocenters. The van der Waals surface area contributed by atoms with Crippen LogP contribution in [-0.2, 0) is 13.5 Å². The normalized spacial score (nSPS) is 15.0. The summed E-state index contributed by atoms with van der Waals surface area (Å²) in [5.74, 6) is 0.735. The quantitative estimate of drug-likeness (QED) is 0.691. The first-order valence-corrected chi connectivity index (χ1v) is 10.8. The maximum atomic E-state index is 13.0. The summed E-state index contributed by atoms with van der Waals surface area (Å²) < 4.78 is 1.85. The number of rotatable bonds is 5. The highest BCUT2D eigenvalue weighted by molar-refractivity contribution is 5.93. The number of piperidine rings is 1. The Morgan fingerprint density at radius 1 is 1.13 bits per heavy atom. The highest BCUT2D eigenvalue weighted by Gasteiger charge is 2.25. The SMILES string of the molecule is Cc1ccc(CCC2CCN(C(=O)c3cc(-c4c(C)nn(C)c4C)n[nH]3)CC2)cc1. The summed E-state index contributed by atoms with van der Waals surface area (Å²) >= 11 is 0. The van der Waals surface area contributed by atoms with E-state index >= 15 is 0 Å². The second-order valence-corrected chi connectivity index (χ2v) is 8.60. The average molecular weight is 406 g/mol. The molecule has 0 saturated carbocycles. The molecule has 158 valence electrons. The van der Waals surface area contributed by atoms with Crippen LogP contribution >= 0.6 is 0 Å². The predicted octanol–water partition coefficient (Wildman–Crippen LogP) is 4.22. The monoisotopic (exact) mass is 405 g/mol. The second kappa shape index (κ2) is 8.46. The van der Waals surface area contributed by atoms with Crippen LogP contribution in [0.5, 0.6) is 0 Å². The van der Waals surface area contributed by atoms with Gasteiger partial charge in [-0.05, 0) is 64.0 Å². The maximum absolute atomic E-state index is 13.0. The summed E-state index contributed by atoms with van der Waals surface area (Å²) in [6, 6.07) is 10.7. The molecule has 0 spiro atoms. The van der Waals surface area contributed by atoms with Crippen molar-refractivity contribution in [1.29, 1.82) is 0 Å². The van der Waals surface area contributed by atoms with Gasteiger partial charge in [-0.3, -0.25) is 14.6 Å². The van der Waals surface area contributed by atoms with E-state index in [4.69, 9.17) is 0 Å². The Morgan fingerprint density at radius 2 is 1.83 bits per heavy atom. The molecule has 1 amide bonds. The zero-order valence-electron chi connectivity index (χ0n) is 18.4. The van der Waals surface area contributed by atoms with Crippen molar-refractivity contribution in [3.05, 3.63) is 58.5 Å². The van der Waals surface area contributed by atoms with Gasteiger partial charge in [0.05, 0.1) is 11.4 Å². The molecule has 6 heteroatoms. The smallest absolute Gasteiger partial charge is 0.271 e. The van der Waals surface area contributed by atoms with E-state index in [0.717, 1.165) is 55.0 Å². The van der Waals surface area contributed by atoms with Gasteiger partial charge in [-0.2, -0.15) is 10.2 Å². The number of likely N-dealkylation sites (tertiary alicyclic amines) is 1. The van der Waals surface area contributed by atoms with E-state index < -0.39 is 0 Å². The van der Waals surface area contributed by atoms with Crippen LogP contribution in [0, 0.1) is 26.7 Å². The van der Waals surface area contributed by atoms with E-state index in [1.165, 1.54) is 17.5 Å². The first-order valence-electron chi connectivity index (χ1n) is 10.8. The molecule has 0 aliphatic carbocycles. The fourth-order valence-corrected chi connectivity index (χ4v) is 4.42. The number of amides is 1. The lowest BCUT2D eigenvalue weighted by Crippen LogP contribution is -2.38. The predicted molar refractivity (Wildman–Crippen MR) is 118 cm³/mol. The molecule has 3 heterocycles. The number of nitrogens with zero attached hydrogens (tertiary/aromatic N) is 4. The van der Waals surface area contributed by atoms with Crippen molar-refractivity contribution in [2.45, 2.75) is 46.5 Å². The highest BCUT2D eigenvalue weighted by Crippen LogP contribution is 2.27. The van der Waals surface area contributed by atoms with Gasteiger partial charge in [0, 0.05) is 31.4 Å². The Labute approximate surface area is 178 Å². The fourth-order valence-electron chi connectivity index (χ4n) is 4.42. The van der Waals surface area contributed by atoms with Gasteiger partial charge in [-0.25, -0.2) is 0 Å². The summed E-state index contributed by atoms with van der Waals surface area (Å²) in [6.07, 6.45) is 4.45. The highest BCUT2D eigenvalue weighted by atomic mass is 16.2. The average Bonchev–Trinajstić information content (AvgIpc) is 3.31. The van der Waals surface area contributed by atoms with Gasteiger partial charge in [-0.15, -0.1) is 0 Å². The zero-order valence-corrected chi connectivity index (χ0v) is 18.4. The number of aromatic nitrogens is 4. The van der Waals surface area contributed by atoms with Gasteiger partial charge < -0.3 is 4.90 Å². The molecule has 30 heavy (non-hydrogen) atoms. The Kier molecular flexibility index (Phi) is 5.75. The number of aryl methyl sites for hydroxylation is 4. The van der Waals surface area contributed by atoms with Gasteiger partial charge in [-0.1, -0.05) is 29.8 Å². The van der Waals surface area contributed by atoms with Gasteiger partial charge in [0.15, 0.2) is 0 Å². The standard InChI is InChI=1S/C24H31N5O/c1-16-5-7-19(8-6-16)9-10-20-11-13-29(14-12-20)24(30)22-15-21(25-26-22)23-17(2)27-28(4)18(23)3/h5-8,15,20H,9-14H2,1-4H3,(H,25,26). The molecular formula is C24H31N5O. The summed E-state index contributed by atoms with van der Waals surface area (Å²) in [7, 11) is 1.92. The molecule has 0 unspecified atom stereocenters. The lowest BCUT2D eigenvalue weighted by molar-refractivity contribution is 0.0681. The summed E-state index contributed by atoms with van der Waals surface area (Å²) in [6.45, 7) is 7.75. The van der Waals surface area contributed by atoms with Crippen LogP contribution < -0.4 is 0 Å². The van der Waals surface area contributed by atoms with Gasteiger partial charge >= 0.3 is 0 Å². The molecule has 4 rings (SSSR count). The van der Waals surface area contributed by atoms with E-state index in [-0.39, 0.29) is 5.91 Å². The fraction of sp³-hybridized carbons (Fsp3) is 0.458. The zero-order chi connectivity index (χ0) is 21.3. The summed E-state index contributed by atoms with van der Waals surface area (Å²) in [5, 5.41) is 11.8. The minimum atomic E-state index is 0.0462. The lowest BCUT2D eigenvalue weighted by Gasteiger charge is -2.31. The minimum absolute atomic E-state index is 0.0462. The molecule has 1 saturated heterocycles. The van der Waals surface area contributed by atoms with E-state index in [1.54, 1.807) is 0 Å². The number of nitrogens with one attached hydrogen (secondary N) is 1. The van der Waals surface area contributed by atoms with E-state index in [9.17, 15) is 4.79 Å². The first-order chi connectivity index (χ1) is 14.4. The Hall–Kier alpha value is -2.89. The molecule has 2 aromatic heterocycles. The van der Waals surface area contributed by atoms with Crippen molar-refractivity contribution in [3.63, 3.8) is 0 Å². The number of hydrogen-bond acceptors (Lipinski definition) is 3. The maximum Gasteiger partial charge on any atom is 0.271 e. The molecule has 1 aliphatic rings. The number of carbonyl (C=O) groups excluding carboxylic acids is 1. The van der Waals surface area contributed by atoms with Crippen LogP contribution in [0.3, 0.4) is 0 Å². The van der Waals surface area contributed by atoms with Crippen LogP contribution in [-0.4, -0.2) is 43.9 Å². The van der Waals surface area contributed by atoms with E-state index in [1.807, 2.05) is 36.5 Å². The molecule has 6 nitrogen and oxygen atoms in total. The van der Waals surface area contributed by atoms with Crippen LogP contribution in [0.4, 0.5) is 0 Å². The molecule has 1 fully saturated rings. The summed E-state index contributed by atoms with van der Waals surface area (Å²) in [4.78, 5) is 14.9. The van der Waals surface area contributed by atoms with Crippen LogP contribution in [0.25, 0.3) is 11.3 Å².